The summed E-state index contributed by atoms with van der Waals surface area (Å²) >= 11 is 2.82. The summed E-state index contributed by atoms with van der Waals surface area (Å²) in [4.78, 5) is 28.0. The van der Waals surface area contributed by atoms with Crippen molar-refractivity contribution in [3.63, 3.8) is 0 Å². The third kappa shape index (κ3) is 3.67. The summed E-state index contributed by atoms with van der Waals surface area (Å²) in [6, 6.07) is 10.8. The first-order valence-electron chi connectivity index (χ1n) is 6.80. The molecule has 0 aliphatic heterocycles. The summed E-state index contributed by atoms with van der Waals surface area (Å²) in [5.74, 6) is 0.444. The minimum absolute atomic E-state index is 0.177. The number of thiazole rings is 1. The standard InChI is InChI=1S/C17H13NO3S2/c1-21-12-5-2-4-11(8-12)14(19)10-16-18-17(20)15(23-16)9-13-6-3-7-22-13/h2-10H,1H3,(H,18,20)/b15-9+,16-10+. The second-order valence-electron chi connectivity index (χ2n) is 4.68. The van der Waals surface area contributed by atoms with E-state index in [0.29, 0.717) is 20.5 Å². The minimum atomic E-state index is -0.187. The zero-order valence-corrected chi connectivity index (χ0v) is 13.9. The fourth-order valence-corrected chi connectivity index (χ4v) is 3.61. The number of benzene rings is 1. The Hall–Kier alpha value is -2.44. The summed E-state index contributed by atoms with van der Waals surface area (Å²) in [5, 5.41) is 1.95. The van der Waals surface area contributed by atoms with Crippen molar-refractivity contribution in [2.24, 2.45) is 0 Å². The van der Waals surface area contributed by atoms with Crippen molar-refractivity contribution in [2.75, 3.05) is 7.11 Å². The number of carbonyl (C=O) groups is 1. The van der Waals surface area contributed by atoms with Gasteiger partial charge in [-0.2, -0.15) is 0 Å². The minimum Gasteiger partial charge on any atom is -0.497 e. The van der Waals surface area contributed by atoms with Gasteiger partial charge in [-0.3, -0.25) is 9.59 Å². The number of aromatic nitrogens is 1. The van der Waals surface area contributed by atoms with Crippen LogP contribution in [0.1, 0.15) is 15.2 Å². The van der Waals surface area contributed by atoms with Crippen LogP contribution >= 0.6 is 22.7 Å². The quantitative estimate of drug-likeness (QED) is 0.737. The maximum Gasteiger partial charge on any atom is 0.266 e. The highest BCUT2D eigenvalue weighted by Crippen LogP contribution is 2.13. The van der Waals surface area contributed by atoms with Crippen LogP contribution in [0, 0.1) is 0 Å². The van der Waals surface area contributed by atoms with Crippen molar-refractivity contribution in [1.29, 1.82) is 0 Å². The number of Topliss-reactive ketones (excluding diaryl/α,β-unsaturated/α-hetero) is 1. The molecule has 1 aromatic carbocycles. The predicted octanol–water partition coefficient (Wildman–Crippen LogP) is 2.00. The third-order valence-corrected chi connectivity index (χ3v) is 4.90. The predicted molar refractivity (Wildman–Crippen MR) is 93.9 cm³/mol. The lowest BCUT2D eigenvalue weighted by Crippen LogP contribution is -2.19. The van der Waals surface area contributed by atoms with E-state index in [0.717, 1.165) is 4.88 Å². The number of carbonyl (C=O) groups excluding carboxylic acids is 1. The Morgan fingerprint density at radius 1 is 1.26 bits per heavy atom. The molecule has 3 aromatic rings. The highest BCUT2D eigenvalue weighted by atomic mass is 32.1. The molecule has 1 N–H and O–H groups in total. The van der Waals surface area contributed by atoms with E-state index in [-0.39, 0.29) is 11.3 Å². The van der Waals surface area contributed by atoms with Gasteiger partial charge < -0.3 is 9.72 Å². The lowest BCUT2D eigenvalue weighted by Gasteiger charge is -2.00. The number of aromatic amines is 1. The van der Waals surface area contributed by atoms with Crippen molar-refractivity contribution in [3.8, 4) is 5.75 Å². The van der Waals surface area contributed by atoms with E-state index in [1.165, 1.54) is 17.4 Å². The van der Waals surface area contributed by atoms with Crippen LogP contribution in [0.4, 0.5) is 0 Å². The van der Waals surface area contributed by atoms with E-state index in [1.54, 1.807) is 42.7 Å². The van der Waals surface area contributed by atoms with E-state index in [1.807, 2.05) is 23.6 Å². The van der Waals surface area contributed by atoms with Gasteiger partial charge >= 0.3 is 0 Å². The smallest absolute Gasteiger partial charge is 0.266 e. The van der Waals surface area contributed by atoms with Gasteiger partial charge in [0.15, 0.2) is 5.78 Å². The van der Waals surface area contributed by atoms with Crippen LogP contribution in [-0.4, -0.2) is 17.9 Å². The SMILES string of the molecule is COc1cccc(C(=O)/C=c2\[nH]c(=O)/c(=C\c3cccs3)s2)c1. The van der Waals surface area contributed by atoms with Crippen molar-refractivity contribution >= 4 is 40.6 Å². The molecule has 4 nitrogen and oxygen atoms in total. The number of ketones is 1. The fourth-order valence-electron chi connectivity index (χ4n) is 2.01. The monoisotopic (exact) mass is 343 g/mol. The molecule has 0 bridgehead atoms. The second kappa shape index (κ2) is 6.76. The van der Waals surface area contributed by atoms with Gasteiger partial charge in [-0.05, 0) is 29.7 Å². The number of hydrogen-bond donors (Lipinski definition) is 1. The third-order valence-electron chi connectivity index (χ3n) is 3.11. The molecule has 0 aliphatic carbocycles. The number of hydrogen-bond acceptors (Lipinski definition) is 5. The topological polar surface area (TPSA) is 59.2 Å². The van der Waals surface area contributed by atoms with Gasteiger partial charge in [0.2, 0.25) is 0 Å². The maximum absolute atomic E-state index is 12.3. The van der Waals surface area contributed by atoms with Crippen LogP contribution in [0.2, 0.25) is 0 Å². The zero-order valence-electron chi connectivity index (χ0n) is 12.2. The van der Waals surface area contributed by atoms with Crippen LogP contribution in [-0.2, 0) is 0 Å². The maximum atomic E-state index is 12.3. The Kier molecular flexibility index (Phi) is 4.55. The number of methoxy groups -OCH3 is 1. The van der Waals surface area contributed by atoms with Crippen molar-refractivity contribution in [2.45, 2.75) is 0 Å². The Labute approximate surface area is 140 Å². The van der Waals surface area contributed by atoms with Crippen LogP contribution in [0.5, 0.6) is 5.75 Å². The molecule has 116 valence electrons. The lowest BCUT2D eigenvalue weighted by atomic mass is 10.1. The molecule has 6 heteroatoms. The molecule has 0 fully saturated rings. The van der Waals surface area contributed by atoms with E-state index >= 15 is 0 Å². The molecule has 0 saturated heterocycles. The first-order valence-corrected chi connectivity index (χ1v) is 8.50. The molecular formula is C17H13NO3S2. The highest BCUT2D eigenvalue weighted by molar-refractivity contribution is 7.11. The molecule has 3 rings (SSSR count). The average Bonchev–Trinajstić information content (AvgIpc) is 3.18. The fraction of sp³-hybridized carbons (Fsp3) is 0.0588. The van der Waals surface area contributed by atoms with Crippen LogP contribution in [0.15, 0.2) is 46.6 Å². The molecule has 0 saturated carbocycles. The van der Waals surface area contributed by atoms with Gasteiger partial charge in [0.25, 0.3) is 5.56 Å². The van der Waals surface area contributed by atoms with Crippen molar-refractivity contribution in [3.05, 3.63) is 71.8 Å². The Balaban J connectivity index is 1.97. The lowest BCUT2D eigenvalue weighted by molar-refractivity contribution is 0.106. The molecule has 0 atom stereocenters. The first-order chi connectivity index (χ1) is 11.2. The van der Waals surface area contributed by atoms with E-state index in [9.17, 15) is 9.59 Å². The number of nitrogens with one attached hydrogen (secondary N) is 1. The van der Waals surface area contributed by atoms with Gasteiger partial charge in [0.1, 0.15) is 5.75 Å². The van der Waals surface area contributed by atoms with Crippen LogP contribution in [0.3, 0.4) is 0 Å². The molecule has 2 heterocycles. The number of thiophene rings is 1. The summed E-state index contributed by atoms with van der Waals surface area (Å²) in [6.45, 7) is 0. The summed E-state index contributed by atoms with van der Waals surface area (Å²) < 4.78 is 6.23. The molecule has 2 aromatic heterocycles. The van der Waals surface area contributed by atoms with Gasteiger partial charge in [-0.15, -0.1) is 22.7 Å². The molecule has 23 heavy (non-hydrogen) atoms. The molecule has 0 spiro atoms. The molecule has 0 radical (unpaired) electrons. The largest absolute Gasteiger partial charge is 0.497 e. The van der Waals surface area contributed by atoms with Gasteiger partial charge in [0.05, 0.1) is 16.3 Å². The average molecular weight is 343 g/mol. The van der Waals surface area contributed by atoms with Gasteiger partial charge in [-0.1, -0.05) is 18.2 Å². The molecule has 0 aliphatic rings. The molecule has 0 amide bonds. The Morgan fingerprint density at radius 3 is 2.87 bits per heavy atom. The van der Waals surface area contributed by atoms with Gasteiger partial charge in [-0.25, -0.2) is 0 Å². The summed E-state index contributed by atoms with van der Waals surface area (Å²) in [7, 11) is 1.55. The van der Waals surface area contributed by atoms with E-state index in [2.05, 4.69) is 4.98 Å². The van der Waals surface area contributed by atoms with Gasteiger partial charge in [0, 0.05) is 16.5 Å². The number of ether oxygens (including phenoxy) is 1. The molecular weight excluding hydrogens is 330 g/mol. The summed E-state index contributed by atoms with van der Waals surface area (Å²) in [5.41, 5.74) is 0.329. The Bertz CT molecular complexity index is 997. The van der Waals surface area contributed by atoms with Crippen molar-refractivity contribution < 1.29 is 9.53 Å². The van der Waals surface area contributed by atoms with Crippen molar-refractivity contribution in [1.82, 2.24) is 4.98 Å². The second-order valence-corrected chi connectivity index (χ2v) is 6.75. The number of H-pyrrole nitrogens is 1. The Morgan fingerprint density at radius 2 is 2.13 bits per heavy atom. The number of rotatable bonds is 4. The molecule has 0 unspecified atom stereocenters. The normalized spacial score (nSPS) is 12.6. The van der Waals surface area contributed by atoms with Crippen LogP contribution in [0.25, 0.3) is 12.2 Å². The zero-order chi connectivity index (χ0) is 16.2. The summed E-state index contributed by atoms with van der Waals surface area (Å²) in [6.07, 6.45) is 3.26. The van der Waals surface area contributed by atoms with E-state index < -0.39 is 0 Å². The van der Waals surface area contributed by atoms with Crippen LogP contribution < -0.4 is 19.5 Å². The first kappa shape index (κ1) is 15.5. The highest BCUT2D eigenvalue weighted by Gasteiger charge is 2.04. The van der Waals surface area contributed by atoms with E-state index in [4.69, 9.17) is 4.74 Å².